The number of halogens is 2. The van der Waals surface area contributed by atoms with E-state index in [4.69, 9.17) is 5.73 Å². The average Bonchev–Trinajstić information content (AvgIpc) is 3.52. The van der Waals surface area contributed by atoms with E-state index < -0.39 is 12.5 Å². The highest BCUT2D eigenvalue weighted by Crippen LogP contribution is 2.44. The third-order valence-electron chi connectivity index (χ3n) is 7.17. The van der Waals surface area contributed by atoms with Crippen molar-refractivity contribution in [3.05, 3.63) is 36.4 Å². The van der Waals surface area contributed by atoms with Crippen molar-refractivity contribution in [2.75, 3.05) is 18.4 Å². The van der Waals surface area contributed by atoms with E-state index in [-0.39, 0.29) is 23.4 Å². The van der Waals surface area contributed by atoms with Gasteiger partial charge in [-0.3, -0.25) is 9.59 Å². The van der Waals surface area contributed by atoms with Gasteiger partial charge in [-0.2, -0.15) is 19.0 Å². The lowest BCUT2D eigenvalue weighted by Gasteiger charge is -2.25. The van der Waals surface area contributed by atoms with Crippen molar-refractivity contribution in [2.45, 2.75) is 32.9 Å². The lowest BCUT2D eigenvalue weighted by atomic mass is 9.93. The van der Waals surface area contributed by atoms with Gasteiger partial charge in [0.15, 0.2) is 0 Å². The van der Waals surface area contributed by atoms with Crippen LogP contribution in [0.25, 0.3) is 16.6 Å². The van der Waals surface area contributed by atoms with Crippen LogP contribution in [0.3, 0.4) is 0 Å². The van der Waals surface area contributed by atoms with E-state index in [1.807, 2.05) is 4.90 Å². The highest BCUT2D eigenvalue weighted by molar-refractivity contribution is 6.02. The van der Waals surface area contributed by atoms with Gasteiger partial charge in [0.05, 0.1) is 29.2 Å². The number of nitrogens with one attached hydrogen (secondary N) is 1. The van der Waals surface area contributed by atoms with Crippen LogP contribution >= 0.6 is 0 Å². The molecule has 3 aromatic heterocycles. The normalized spacial score (nSPS) is 24.6. The van der Waals surface area contributed by atoms with Crippen LogP contribution in [0.15, 0.2) is 30.9 Å². The van der Waals surface area contributed by atoms with Crippen LogP contribution in [0, 0.1) is 17.8 Å². The largest absolute Gasteiger partial charge is 0.380 e. The molecule has 4 heterocycles. The SMILES string of the molecule is CC(=O)N1C[C@H]2C[C@@H](Nc3c(C(N)=O)cnn4cc(-c5cnn(C(F)F)c5)cc34)[C@@H](C)[C@@H]2C1. The van der Waals surface area contributed by atoms with Gasteiger partial charge in [0.2, 0.25) is 5.91 Å². The maximum atomic E-state index is 12.9. The third-order valence-corrected chi connectivity index (χ3v) is 7.17. The highest BCUT2D eigenvalue weighted by atomic mass is 19.3. The number of carbonyl (C=O) groups excluding carboxylic acids is 2. The van der Waals surface area contributed by atoms with Crippen LogP contribution in [-0.2, 0) is 4.79 Å². The Hall–Kier alpha value is -3.50. The molecule has 3 N–H and O–H groups in total. The molecule has 2 amide bonds. The number of nitrogens with two attached hydrogens (primary N) is 1. The Kier molecular flexibility index (Phi) is 5.06. The summed E-state index contributed by atoms with van der Waals surface area (Å²) in [7, 11) is 0. The fraction of sp³-hybridized carbons (Fsp3) is 0.455. The zero-order chi connectivity index (χ0) is 23.4. The summed E-state index contributed by atoms with van der Waals surface area (Å²) in [5.74, 6) is 0.577. The van der Waals surface area contributed by atoms with E-state index in [9.17, 15) is 18.4 Å². The van der Waals surface area contributed by atoms with Gasteiger partial charge in [-0.25, -0.2) is 9.20 Å². The van der Waals surface area contributed by atoms with Crippen LogP contribution < -0.4 is 11.1 Å². The molecule has 33 heavy (non-hydrogen) atoms. The van der Waals surface area contributed by atoms with E-state index in [2.05, 4.69) is 22.4 Å². The maximum absolute atomic E-state index is 12.9. The summed E-state index contributed by atoms with van der Waals surface area (Å²) < 4.78 is 28.1. The van der Waals surface area contributed by atoms with Crippen molar-refractivity contribution in [1.29, 1.82) is 0 Å². The highest BCUT2D eigenvalue weighted by Gasteiger charge is 2.46. The first-order valence-corrected chi connectivity index (χ1v) is 10.9. The molecule has 0 spiro atoms. The first-order valence-electron chi connectivity index (χ1n) is 10.9. The molecular weight excluding hydrogens is 432 g/mol. The van der Waals surface area contributed by atoms with E-state index in [1.54, 1.807) is 23.7 Å². The number of hydrogen-bond acceptors (Lipinski definition) is 5. The number of anilines is 1. The van der Waals surface area contributed by atoms with E-state index >= 15 is 0 Å². The Balaban J connectivity index is 1.48. The first kappa shape index (κ1) is 21.4. The summed E-state index contributed by atoms with van der Waals surface area (Å²) in [5, 5.41) is 11.5. The standard InChI is InChI=1S/C22H25F2N7O2/c1-11-17-10-29(12(2)32)7-14(17)3-18(11)28-20-16(21(25)33)6-27-30-8-13(4-19(20)30)15-5-26-31(9-15)22(23)24/h4-6,8-9,11,14,17-18,22,28H,3,7,10H2,1-2H3,(H2,25,33)/t11-,14+,17-,18+/m0/s1. The van der Waals surface area contributed by atoms with Crippen LogP contribution in [-0.4, -0.2) is 55.2 Å². The zero-order valence-electron chi connectivity index (χ0n) is 18.3. The fourth-order valence-electron chi connectivity index (χ4n) is 5.36. The molecule has 3 aromatic rings. The molecule has 1 saturated heterocycles. The number of rotatable bonds is 5. The topological polar surface area (TPSA) is 111 Å². The minimum Gasteiger partial charge on any atom is -0.380 e. The molecule has 2 fully saturated rings. The van der Waals surface area contributed by atoms with Gasteiger partial charge >= 0.3 is 6.55 Å². The Labute approximate surface area is 188 Å². The van der Waals surface area contributed by atoms with E-state index in [0.29, 0.717) is 38.8 Å². The van der Waals surface area contributed by atoms with Crippen LogP contribution in [0.2, 0.25) is 0 Å². The molecule has 1 saturated carbocycles. The molecule has 1 aliphatic heterocycles. The van der Waals surface area contributed by atoms with Gasteiger partial charge in [0.1, 0.15) is 0 Å². The maximum Gasteiger partial charge on any atom is 0.333 e. The number of nitrogens with zero attached hydrogens (tertiary/aromatic N) is 5. The summed E-state index contributed by atoms with van der Waals surface area (Å²) in [6.07, 6.45) is 6.63. The molecule has 2 aliphatic rings. The smallest absolute Gasteiger partial charge is 0.333 e. The van der Waals surface area contributed by atoms with Gasteiger partial charge in [-0.1, -0.05) is 6.92 Å². The molecule has 0 aromatic carbocycles. The number of alkyl halides is 2. The lowest BCUT2D eigenvalue weighted by Crippen LogP contribution is -2.33. The second kappa shape index (κ2) is 7.82. The summed E-state index contributed by atoms with van der Waals surface area (Å²) >= 11 is 0. The fourth-order valence-corrected chi connectivity index (χ4v) is 5.36. The quantitative estimate of drug-likeness (QED) is 0.612. The number of fused-ring (bicyclic) bond motifs is 2. The molecule has 0 bridgehead atoms. The number of likely N-dealkylation sites (tertiary alicyclic amines) is 1. The minimum atomic E-state index is -2.73. The molecule has 5 rings (SSSR count). The van der Waals surface area contributed by atoms with Crippen LogP contribution in [0.1, 0.15) is 37.2 Å². The van der Waals surface area contributed by atoms with Crippen LogP contribution in [0.5, 0.6) is 0 Å². The second-order valence-electron chi connectivity index (χ2n) is 9.04. The summed E-state index contributed by atoms with van der Waals surface area (Å²) in [6, 6.07) is 1.88. The van der Waals surface area contributed by atoms with Crippen molar-refractivity contribution in [1.82, 2.24) is 24.3 Å². The van der Waals surface area contributed by atoms with Gasteiger partial charge in [-0.15, -0.1) is 0 Å². The Bertz CT molecular complexity index is 1240. The Morgan fingerprint density at radius 1 is 1.18 bits per heavy atom. The van der Waals surface area contributed by atoms with Crippen molar-refractivity contribution in [2.24, 2.45) is 23.5 Å². The predicted octanol–water partition coefficient (Wildman–Crippen LogP) is 2.61. The second-order valence-corrected chi connectivity index (χ2v) is 9.04. The molecular formula is C22H25F2N7O2. The van der Waals surface area contributed by atoms with Gasteiger partial charge in [-0.05, 0) is 30.2 Å². The number of hydrogen-bond donors (Lipinski definition) is 2. The zero-order valence-corrected chi connectivity index (χ0v) is 18.3. The van der Waals surface area contributed by atoms with Gasteiger partial charge < -0.3 is 16.0 Å². The van der Waals surface area contributed by atoms with Crippen LogP contribution in [0.4, 0.5) is 14.5 Å². The summed E-state index contributed by atoms with van der Waals surface area (Å²) in [4.78, 5) is 25.9. The minimum absolute atomic E-state index is 0.0957. The number of amides is 2. The summed E-state index contributed by atoms with van der Waals surface area (Å²) in [5.41, 5.74) is 8.27. The predicted molar refractivity (Wildman–Crippen MR) is 117 cm³/mol. The van der Waals surface area contributed by atoms with E-state index in [0.717, 1.165) is 19.5 Å². The molecule has 174 valence electrons. The van der Waals surface area contributed by atoms with Crippen molar-refractivity contribution in [3.8, 4) is 11.1 Å². The first-order chi connectivity index (χ1) is 15.7. The number of aromatic nitrogens is 4. The monoisotopic (exact) mass is 457 g/mol. The Morgan fingerprint density at radius 3 is 2.61 bits per heavy atom. The summed E-state index contributed by atoms with van der Waals surface area (Å²) in [6.45, 7) is 2.53. The van der Waals surface area contributed by atoms with E-state index in [1.165, 1.54) is 18.6 Å². The van der Waals surface area contributed by atoms with Crippen molar-refractivity contribution < 1.29 is 18.4 Å². The third kappa shape index (κ3) is 3.61. The molecule has 11 heteroatoms. The lowest BCUT2D eigenvalue weighted by molar-refractivity contribution is -0.128. The van der Waals surface area contributed by atoms with Gasteiger partial charge in [0, 0.05) is 49.6 Å². The molecule has 0 unspecified atom stereocenters. The Morgan fingerprint density at radius 2 is 1.97 bits per heavy atom. The van der Waals surface area contributed by atoms with Gasteiger partial charge in [0.25, 0.3) is 5.91 Å². The average molecular weight is 457 g/mol. The number of primary amides is 1. The number of carbonyl (C=O) groups is 2. The van der Waals surface area contributed by atoms with Crippen molar-refractivity contribution in [3.63, 3.8) is 0 Å². The molecule has 1 aliphatic carbocycles. The van der Waals surface area contributed by atoms with Crippen molar-refractivity contribution >= 4 is 23.0 Å². The molecule has 9 nitrogen and oxygen atoms in total. The molecule has 4 atom stereocenters. The molecule has 0 radical (unpaired) electrons.